The minimum atomic E-state index is -0.568. The van der Waals surface area contributed by atoms with Crippen molar-refractivity contribution < 1.29 is 9.18 Å². The van der Waals surface area contributed by atoms with Crippen LogP contribution < -0.4 is 10.9 Å². The molecule has 0 aliphatic carbocycles. The summed E-state index contributed by atoms with van der Waals surface area (Å²) in [6.07, 6.45) is 1.47. The standard InChI is InChI=1S/C19H13Cl2FN2O2/c20-14-4-1-12(2-5-14)10-24-11-13(3-8-18(24)25)19(26)23-15-6-7-17(22)16(21)9-15/h1-9,11H,10H2,(H,23,26). The highest BCUT2D eigenvalue weighted by atomic mass is 35.5. The lowest BCUT2D eigenvalue weighted by molar-refractivity contribution is 0.102. The number of pyridine rings is 1. The molecule has 1 aromatic heterocycles. The number of hydrogen-bond donors (Lipinski definition) is 1. The van der Waals surface area contributed by atoms with Crippen molar-refractivity contribution in [1.82, 2.24) is 4.57 Å². The molecule has 1 N–H and O–H groups in total. The number of hydrogen-bond acceptors (Lipinski definition) is 2. The highest BCUT2D eigenvalue weighted by molar-refractivity contribution is 6.31. The van der Waals surface area contributed by atoms with Crippen molar-refractivity contribution in [3.63, 3.8) is 0 Å². The van der Waals surface area contributed by atoms with Crippen LogP contribution >= 0.6 is 23.2 Å². The molecule has 7 heteroatoms. The summed E-state index contributed by atoms with van der Waals surface area (Å²) in [5, 5.41) is 3.14. The average molecular weight is 391 g/mol. The Morgan fingerprint density at radius 2 is 1.77 bits per heavy atom. The SMILES string of the molecule is O=C(Nc1ccc(F)c(Cl)c1)c1ccc(=O)n(Cc2ccc(Cl)cc2)c1. The van der Waals surface area contributed by atoms with Gasteiger partial charge in [-0.15, -0.1) is 0 Å². The van der Waals surface area contributed by atoms with Crippen molar-refractivity contribution in [2.75, 3.05) is 5.32 Å². The molecule has 0 saturated heterocycles. The molecule has 0 unspecified atom stereocenters. The minimum absolute atomic E-state index is 0.0875. The molecule has 0 aliphatic rings. The van der Waals surface area contributed by atoms with E-state index >= 15 is 0 Å². The van der Waals surface area contributed by atoms with Crippen LogP contribution in [-0.2, 0) is 6.54 Å². The first-order chi connectivity index (χ1) is 12.4. The van der Waals surface area contributed by atoms with E-state index in [4.69, 9.17) is 23.2 Å². The summed E-state index contributed by atoms with van der Waals surface area (Å²) in [6.45, 7) is 0.305. The lowest BCUT2D eigenvalue weighted by Gasteiger charge is -2.10. The van der Waals surface area contributed by atoms with E-state index in [9.17, 15) is 14.0 Å². The zero-order valence-electron chi connectivity index (χ0n) is 13.4. The third-order valence-corrected chi connectivity index (χ3v) is 4.23. The molecule has 2 aromatic carbocycles. The molecule has 0 radical (unpaired) electrons. The monoisotopic (exact) mass is 390 g/mol. The first-order valence-electron chi connectivity index (χ1n) is 7.64. The van der Waals surface area contributed by atoms with Crippen molar-refractivity contribution in [3.8, 4) is 0 Å². The van der Waals surface area contributed by atoms with Gasteiger partial charge < -0.3 is 9.88 Å². The Morgan fingerprint density at radius 3 is 2.46 bits per heavy atom. The fourth-order valence-electron chi connectivity index (χ4n) is 2.35. The van der Waals surface area contributed by atoms with Crippen LogP contribution in [0.2, 0.25) is 10.0 Å². The Hall–Kier alpha value is -2.63. The van der Waals surface area contributed by atoms with Gasteiger partial charge >= 0.3 is 0 Å². The number of amides is 1. The van der Waals surface area contributed by atoms with Gasteiger partial charge in [-0.25, -0.2) is 4.39 Å². The molecule has 0 fully saturated rings. The molecular formula is C19H13Cl2FN2O2. The van der Waals surface area contributed by atoms with Crippen LogP contribution in [0.5, 0.6) is 0 Å². The topological polar surface area (TPSA) is 51.1 Å². The van der Waals surface area contributed by atoms with Gasteiger partial charge in [0.25, 0.3) is 11.5 Å². The predicted octanol–water partition coefficient (Wildman–Crippen LogP) is 4.59. The van der Waals surface area contributed by atoms with Crippen LogP contribution in [-0.4, -0.2) is 10.5 Å². The number of rotatable bonds is 4. The van der Waals surface area contributed by atoms with E-state index in [1.165, 1.54) is 41.1 Å². The second-order valence-corrected chi connectivity index (χ2v) is 6.44. The normalized spacial score (nSPS) is 10.6. The number of carbonyl (C=O) groups excluding carboxylic acids is 1. The van der Waals surface area contributed by atoms with Crippen LogP contribution in [0.25, 0.3) is 0 Å². The predicted molar refractivity (Wildman–Crippen MR) is 101 cm³/mol. The fourth-order valence-corrected chi connectivity index (χ4v) is 2.66. The summed E-state index contributed by atoms with van der Waals surface area (Å²) in [7, 11) is 0. The van der Waals surface area contributed by atoms with E-state index < -0.39 is 11.7 Å². The smallest absolute Gasteiger partial charge is 0.257 e. The summed E-state index contributed by atoms with van der Waals surface area (Å²) in [6, 6.07) is 13.7. The zero-order valence-corrected chi connectivity index (χ0v) is 14.9. The fraction of sp³-hybridized carbons (Fsp3) is 0.0526. The molecule has 3 rings (SSSR count). The number of carbonyl (C=O) groups is 1. The van der Waals surface area contributed by atoms with E-state index in [2.05, 4.69) is 5.32 Å². The van der Waals surface area contributed by atoms with E-state index in [1.54, 1.807) is 12.1 Å². The molecule has 0 aliphatic heterocycles. The summed E-state index contributed by atoms with van der Waals surface area (Å²) in [4.78, 5) is 24.4. The number of anilines is 1. The molecule has 0 bridgehead atoms. The second-order valence-electron chi connectivity index (χ2n) is 5.59. The van der Waals surface area contributed by atoms with Gasteiger partial charge in [0.2, 0.25) is 0 Å². The van der Waals surface area contributed by atoms with Gasteiger partial charge in [-0.05, 0) is 42.0 Å². The highest BCUT2D eigenvalue weighted by Crippen LogP contribution is 2.20. The van der Waals surface area contributed by atoms with Crippen LogP contribution in [0.1, 0.15) is 15.9 Å². The van der Waals surface area contributed by atoms with Crippen molar-refractivity contribution in [3.05, 3.63) is 98.1 Å². The Bertz CT molecular complexity index is 1020. The largest absolute Gasteiger partial charge is 0.322 e. The van der Waals surface area contributed by atoms with Crippen LogP contribution in [0.4, 0.5) is 10.1 Å². The zero-order chi connectivity index (χ0) is 18.7. The van der Waals surface area contributed by atoms with Crippen molar-refractivity contribution >= 4 is 34.8 Å². The number of nitrogens with zero attached hydrogens (tertiary/aromatic N) is 1. The van der Waals surface area contributed by atoms with E-state index in [1.807, 2.05) is 12.1 Å². The van der Waals surface area contributed by atoms with Crippen LogP contribution in [0, 0.1) is 5.82 Å². The molecule has 0 saturated carbocycles. The summed E-state index contributed by atoms with van der Waals surface area (Å²) in [5.41, 5.74) is 1.29. The van der Waals surface area contributed by atoms with Gasteiger partial charge in [0.05, 0.1) is 17.1 Å². The molecule has 26 heavy (non-hydrogen) atoms. The summed E-state index contributed by atoms with van der Waals surface area (Å²) >= 11 is 11.6. The molecule has 4 nitrogen and oxygen atoms in total. The molecule has 0 spiro atoms. The summed E-state index contributed by atoms with van der Waals surface area (Å²) in [5.74, 6) is -1.00. The van der Waals surface area contributed by atoms with Crippen LogP contribution in [0.3, 0.4) is 0 Å². The number of halogens is 3. The Balaban J connectivity index is 1.81. The van der Waals surface area contributed by atoms with Gasteiger partial charge in [-0.2, -0.15) is 0 Å². The number of benzene rings is 2. The maximum atomic E-state index is 13.2. The maximum Gasteiger partial charge on any atom is 0.257 e. The van der Waals surface area contributed by atoms with Gasteiger partial charge in [0.1, 0.15) is 5.82 Å². The lowest BCUT2D eigenvalue weighted by Crippen LogP contribution is -2.22. The van der Waals surface area contributed by atoms with E-state index in [0.717, 1.165) is 5.56 Å². The third-order valence-electron chi connectivity index (χ3n) is 3.69. The Kier molecular flexibility index (Phi) is 5.40. The van der Waals surface area contributed by atoms with Crippen LogP contribution in [0.15, 0.2) is 65.6 Å². The number of nitrogens with one attached hydrogen (secondary N) is 1. The van der Waals surface area contributed by atoms with E-state index in [0.29, 0.717) is 22.8 Å². The van der Waals surface area contributed by atoms with Crippen molar-refractivity contribution in [2.24, 2.45) is 0 Å². The molecule has 3 aromatic rings. The molecule has 0 atom stereocenters. The lowest BCUT2D eigenvalue weighted by atomic mass is 10.2. The first kappa shape index (κ1) is 18.2. The Labute approximate surface area is 158 Å². The number of aromatic nitrogens is 1. The molecular weight excluding hydrogens is 378 g/mol. The molecule has 1 amide bonds. The van der Waals surface area contributed by atoms with Gasteiger partial charge in [-0.3, -0.25) is 9.59 Å². The summed E-state index contributed by atoms with van der Waals surface area (Å²) < 4.78 is 14.6. The van der Waals surface area contributed by atoms with Gasteiger partial charge in [0.15, 0.2) is 0 Å². The first-order valence-corrected chi connectivity index (χ1v) is 8.39. The van der Waals surface area contributed by atoms with Crippen molar-refractivity contribution in [1.29, 1.82) is 0 Å². The molecule has 132 valence electrons. The Morgan fingerprint density at radius 1 is 1.04 bits per heavy atom. The van der Waals surface area contributed by atoms with E-state index in [-0.39, 0.29) is 10.6 Å². The minimum Gasteiger partial charge on any atom is -0.322 e. The second kappa shape index (κ2) is 7.72. The highest BCUT2D eigenvalue weighted by Gasteiger charge is 2.10. The average Bonchev–Trinajstić information content (AvgIpc) is 2.62. The molecule has 1 heterocycles. The third kappa shape index (κ3) is 4.31. The van der Waals surface area contributed by atoms with Crippen molar-refractivity contribution in [2.45, 2.75) is 6.54 Å². The quantitative estimate of drug-likeness (QED) is 0.707. The van der Waals surface area contributed by atoms with Gasteiger partial charge in [0, 0.05) is 23.0 Å². The maximum absolute atomic E-state index is 13.2. The van der Waals surface area contributed by atoms with Gasteiger partial charge in [-0.1, -0.05) is 35.3 Å².